The van der Waals surface area contributed by atoms with Crippen molar-refractivity contribution in [3.63, 3.8) is 0 Å². The molecular weight excluding hydrogens is 296 g/mol. The van der Waals surface area contributed by atoms with E-state index in [2.05, 4.69) is 15.7 Å². The quantitative estimate of drug-likeness (QED) is 0.778. The van der Waals surface area contributed by atoms with Gasteiger partial charge in [0.15, 0.2) is 0 Å². The molecule has 0 spiro atoms. The van der Waals surface area contributed by atoms with Gasteiger partial charge in [-0.25, -0.2) is 0 Å². The molecule has 0 bridgehead atoms. The zero-order chi connectivity index (χ0) is 16.4. The van der Waals surface area contributed by atoms with Gasteiger partial charge < -0.3 is 15.7 Å². The first kappa shape index (κ1) is 15.1. The van der Waals surface area contributed by atoms with Crippen LogP contribution < -0.4 is 10.6 Å². The van der Waals surface area contributed by atoms with Gasteiger partial charge in [-0.2, -0.15) is 5.10 Å². The van der Waals surface area contributed by atoms with Crippen LogP contribution in [0.5, 0.6) is 5.75 Å². The van der Waals surface area contributed by atoms with E-state index in [1.54, 1.807) is 18.3 Å². The number of aromatic hydroxyl groups is 1. The summed E-state index contributed by atoms with van der Waals surface area (Å²) in [6, 6.07) is 5.15. The molecule has 2 aromatic rings. The Labute approximate surface area is 133 Å². The molecule has 7 heteroatoms. The number of rotatable bonds is 5. The predicted molar refractivity (Wildman–Crippen MR) is 84.2 cm³/mol. The first-order valence-electron chi connectivity index (χ1n) is 7.44. The summed E-state index contributed by atoms with van der Waals surface area (Å²) >= 11 is 0. The van der Waals surface area contributed by atoms with E-state index in [9.17, 15) is 14.7 Å². The van der Waals surface area contributed by atoms with Crippen molar-refractivity contribution >= 4 is 17.5 Å². The molecule has 2 amide bonds. The summed E-state index contributed by atoms with van der Waals surface area (Å²) in [4.78, 5) is 23.8. The Morgan fingerprint density at radius 3 is 2.87 bits per heavy atom. The van der Waals surface area contributed by atoms with Crippen LogP contribution in [-0.2, 0) is 11.3 Å². The van der Waals surface area contributed by atoms with Crippen molar-refractivity contribution < 1.29 is 14.7 Å². The Kier molecular flexibility index (Phi) is 4.01. The smallest absolute Gasteiger partial charge is 0.259 e. The van der Waals surface area contributed by atoms with Crippen molar-refractivity contribution in [3.05, 3.63) is 41.7 Å². The van der Waals surface area contributed by atoms with E-state index < -0.39 is 5.91 Å². The molecule has 7 nitrogen and oxygen atoms in total. The van der Waals surface area contributed by atoms with Gasteiger partial charge in [-0.05, 0) is 37.5 Å². The molecule has 1 aliphatic carbocycles. The van der Waals surface area contributed by atoms with Gasteiger partial charge in [0.05, 0.1) is 17.4 Å². The molecule has 0 radical (unpaired) electrons. The van der Waals surface area contributed by atoms with E-state index in [0.717, 1.165) is 18.4 Å². The number of anilines is 1. The van der Waals surface area contributed by atoms with Crippen LogP contribution in [0.25, 0.3) is 0 Å². The summed E-state index contributed by atoms with van der Waals surface area (Å²) in [5.74, 6) is -0.590. The van der Waals surface area contributed by atoms with E-state index in [1.165, 1.54) is 16.9 Å². The van der Waals surface area contributed by atoms with Crippen LogP contribution in [0.4, 0.5) is 5.69 Å². The molecule has 1 aromatic heterocycles. The normalized spacial score (nSPS) is 13.6. The van der Waals surface area contributed by atoms with Crippen molar-refractivity contribution in [3.8, 4) is 5.75 Å². The van der Waals surface area contributed by atoms with Gasteiger partial charge in [0.2, 0.25) is 5.91 Å². The summed E-state index contributed by atoms with van der Waals surface area (Å²) in [6.07, 6.45) is 5.11. The molecule has 0 saturated heterocycles. The predicted octanol–water partition coefficient (Wildman–Crippen LogP) is 1.43. The summed E-state index contributed by atoms with van der Waals surface area (Å²) in [6.45, 7) is 1.94. The van der Waals surface area contributed by atoms with Gasteiger partial charge in [-0.1, -0.05) is 6.07 Å². The van der Waals surface area contributed by atoms with Crippen molar-refractivity contribution in [2.75, 3.05) is 5.32 Å². The van der Waals surface area contributed by atoms with Crippen LogP contribution in [0, 0.1) is 6.92 Å². The number of phenols is 1. The number of aryl methyl sites for hydroxylation is 1. The van der Waals surface area contributed by atoms with E-state index in [1.807, 2.05) is 6.92 Å². The van der Waals surface area contributed by atoms with Crippen LogP contribution in [0.15, 0.2) is 30.6 Å². The number of carbonyl (C=O) groups excluding carboxylic acids is 2. The van der Waals surface area contributed by atoms with Crippen LogP contribution in [0.2, 0.25) is 0 Å². The fraction of sp³-hybridized carbons (Fsp3) is 0.312. The topological polar surface area (TPSA) is 96.2 Å². The third-order valence-corrected chi connectivity index (χ3v) is 3.54. The molecule has 0 atom stereocenters. The Morgan fingerprint density at radius 1 is 1.39 bits per heavy atom. The lowest BCUT2D eigenvalue weighted by molar-refractivity contribution is -0.122. The number of nitrogens with zero attached hydrogens (tertiary/aromatic N) is 2. The number of phenolic OH excluding ortho intramolecular Hbond substituents is 1. The number of amides is 2. The lowest BCUT2D eigenvalue weighted by atomic mass is 10.1. The molecule has 120 valence electrons. The minimum absolute atomic E-state index is 0.0706. The molecule has 1 fully saturated rings. The van der Waals surface area contributed by atoms with Gasteiger partial charge in [0, 0.05) is 12.2 Å². The highest BCUT2D eigenvalue weighted by Gasteiger charge is 2.23. The molecule has 23 heavy (non-hydrogen) atoms. The summed E-state index contributed by atoms with van der Waals surface area (Å²) in [7, 11) is 0. The number of benzene rings is 1. The monoisotopic (exact) mass is 314 g/mol. The van der Waals surface area contributed by atoms with Crippen LogP contribution in [0.1, 0.15) is 28.8 Å². The summed E-state index contributed by atoms with van der Waals surface area (Å²) in [5.41, 5.74) is 1.53. The first-order valence-corrected chi connectivity index (χ1v) is 7.44. The van der Waals surface area contributed by atoms with Crippen molar-refractivity contribution in [1.29, 1.82) is 0 Å². The second kappa shape index (κ2) is 6.12. The van der Waals surface area contributed by atoms with Crippen LogP contribution in [-0.4, -0.2) is 32.7 Å². The maximum absolute atomic E-state index is 12.1. The van der Waals surface area contributed by atoms with Gasteiger partial charge in [0.1, 0.15) is 12.3 Å². The Balaban J connectivity index is 1.61. The van der Waals surface area contributed by atoms with Crippen LogP contribution in [0.3, 0.4) is 0 Å². The van der Waals surface area contributed by atoms with Gasteiger partial charge in [-0.15, -0.1) is 0 Å². The summed E-state index contributed by atoms with van der Waals surface area (Å²) < 4.78 is 1.46. The third-order valence-electron chi connectivity index (χ3n) is 3.54. The molecule has 1 saturated carbocycles. The molecular formula is C16H18N4O3. The van der Waals surface area contributed by atoms with Crippen molar-refractivity contribution in [1.82, 2.24) is 15.1 Å². The first-order chi connectivity index (χ1) is 11.0. The SMILES string of the molecule is Cc1ccc(C(=O)Nc2cnn(CC(=O)NC3CC3)c2)c(O)c1. The molecule has 3 N–H and O–H groups in total. The highest BCUT2D eigenvalue weighted by molar-refractivity contribution is 6.06. The second-order valence-electron chi connectivity index (χ2n) is 5.74. The Hall–Kier alpha value is -2.83. The molecule has 1 aromatic carbocycles. The van der Waals surface area contributed by atoms with Crippen molar-refractivity contribution in [2.24, 2.45) is 0 Å². The highest BCUT2D eigenvalue weighted by Crippen LogP contribution is 2.20. The maximum Gasteiger partial charge on any atom is 0.259 e. The van der Waals surface area contributed by atoms with E-state index in [0.29, 0.717) is 11.7 Å². The number of nitrogens with one attached hydrogen (secondary N) is 2. The molecule has 1 aliphatic rings. The fourth-order valence-electron chi connectivity index (χ4n) is 2.19. The molecule has 3 rings (SSSR count). The standard InChI is InChI=1S/C16H18N4O3/c1-10-2-5-13(14(21)6-10)16(23)19-12-7-17-20(8-12)9-15(22)18-11-3-4-11/h2,5-8,11,21H,3-4,9H2,1H3,(H,18,22)(H,19,23). The van der Waals surface area contributed by atoms with Crippen LogP contribution >= 0.6 is 0 Å². The lowest BCUT2D eigenvalue weighted by Gasteiger charge is -2.05. The van der Waals surface area contributed by atoms with E-state index >= 15 is 0 Å². The van der Waals surface area contributed by atoms with Gasteiger partial charge >= 0.3 is 0 Å². The number of carbonyl (C=O) groups is 2. The van der Waals surface area contributed by atoms with Gasteiger partial charge in [0.25, 0.3) is 5.91 Å². The van der Waals surface area contributed by atoms with E-state index in [-0.39, 0.29) is 23.8 Å². The number of hydrogen-bond donors (Lipinski definition) is 3. The number of aromatic nitrogens is 2. The summed E-state index contributed by atoms with van der Waals surface area (Å²) in [5, 5.41) is 19.4. The largest absolute Gasteiger partial charge is 0.507 e. The van der Waals surface area contributed by atoms with Crippen molar-refractivity contribution in [2.45, 2.75) is 32.4 Å². The minimum Gasteiger partial charge on any atom is -0.507 e. The number of hydrogen-bond acceptors (Lipinski definition) is 4. The Bertz CT molecular complexity index is 750. The fourth-order valence-corrected chi connectivity index (χ4v) is 2.19. The second-order valence-corrected chi connectivity index (χ2v) is 5.74. The molecule has 0 unspecified atom stereocenters. The average Bonchev–Trinajstić information content (AvgIpc) is 3.18. The molecule has 0 aliphatic heterocycles. The molecule has 1 heterocycles. The maximum atomic E-state index is 12.1. The highest BCUT2D eigenvalue weighted by atomic mass is 16.3. The zero-order valence-electron chi connectivity index (χ0n) is 12.7. The third kappa shape index (κ3) is 3.88. The lowest BCUT2D eigenvalue weighted by Crippen LogP contribution is -2.29. The van der Waals surface area contributed by atoms with Gasteiger partial charge in [-0.3, -0.25) is 14.3 Å². The Morgan fingerprint density at radius 2 is 2.17 bits per heavy atom. The van der Waals surface area contributed by atoms with E-state index in [4.69, 9.17) is 0 Å². The zero-order valence-corrected chi connectivity index (χ0v) is 12.7. The minimum atomic E-state index is -0.426. The average molecular weight is 314 g/mol.